The number of hydrogen-bond donors (Lipinski definition) is 1. The Labute approximate surface area is 120 Å². The first kappa shape index (κ1) is 11.8. The van der Waals surface area contributed by atoms with Crippen LogP contribution in [-0.4, -0.2) is 36.3 Å². The zero-order valence-corrected chi connectivity index (χ0v) is 11.1. The lowest BCUT2D eigenvalue weighted by molar-refractivity contribution is 0.789. The standard InChI is InChI=1S/C13H12N8/c14-11-17-12(19-13(18-11)21-8-15-7-16-21)20-6-5-9-3-1-2-4-10(9)20/h1-4,7-8H,5-6H2,(H2,14,17,18,19). The smallest absolute Gasteiger partial charge is 0.258 e. The first-order chi connectivity index (χ1) is 10.3. The van der Waals surface area contributed by atoms with Crippen molar-refractivity contribution in [2.45, 2.75) is 6.42 Å². The van der Waals surface area contributed by atoms with Gasteiger partial charge in [0, 0.05) is 12.2 Å². The number of rotatable bonds is 2. The molecule has 4 rings (SSSR count). The largest absolute Gasteiger partial charge is 0.368 e. The molecule has 1 aliphatic rings. The van der Waals surface area contributed by atoms with Crippen molar-refractivity contribution in [2.24, 2.45) is 0 Å². The van der Waals surface area contributed by atoms with E-state index in [1.54, 1.807) is 0 Å². The zero-order valence-electron chi connectivity index (χ0n) is 11.1. The predicted molar refractivity (Wildman–Crippen MR) is 76.3 cm³/mol. The number of hydrogen-bond acceptors (Lipinski definition) is 7. The molecule has 0 bridgehead atoms. The predicted octanol–water partition coefficient (Wildman–Crippen LogP) is 0.729. The summed E-state index contributed by atoms with van der Waals surface area (Å²) in [6, 6.07) is 8.20. The first-order valence-corrected chi connectivity index (χ1v) is 6.53. The van der Waals surface area contributed by atoms with E-state index >= 15 is 0 Å². The van der Waals surface area contributed by atoms with Crippen molar-refractivity contribution in [1.82, 2.24) is 29.7 Å². The highest BCUT2D eigenvalue weighted by molar-refractivity contribution is 5.66. The molecule has 0 saturated heterocycles. The van der Waals surface area contributed by atoms with Crippen molar-refractivity contribution >= 4 is 17.6 Å². The number of para-hydroxylation sites is 1. The third kappa shape index (κ3) is 1.97. The van der Waals surface area contributed by atoms with Gasteiger partial charge in [0.25, 0.3) is 5.95 Å². The van der Waals surface area contributed by atoms with Gasteiger partial charge in [0.15, 0.2) is 0 Å². The number of nitrogen functional groups attached to an aromatic ring is 1. The number of aromatic nitrogens is 6. The number of nitrogens with two attached hydrogens (primary N) is 1. The Morgan fingerprint density at radius 2 is 1.90 bits per heavy atom. The van der Waals surface area contributed by atoms with E-state index in [4.69, 9.17) is 5.73 Å². The topological polar surface area (TPSA) is 98.6 Å². The maximum absolute atomic E-state index is 5.80. The lowest BCUT2D eigenvalue weighted by Gasteiger charge is -2.17. The van der Waals surface area contributed by atoms with Crippen molar-refractivity contribution in [3.63, 3.8) is 0 Å². The van der Waals surface area contributed by atoms with E-state index in [2.05, 4.69) is 37.2 Å². The van der Waals surface area contributed by atoms with Gasteiger partial charge in [-0.05, 0) is 18.1 Å². The SMILES string of the molecule is Nc1nc(N2CCc3ccccc32)nc(-n2cncn2)n1. The third-order valence-corrected chi connectivity index (χ3v) is 3.38. The first-order valence-electron chi connectivity index (χ1n) is 6.53. The van der Waals surface area contributed by atoms with Crippen LogP contribution >= 0.6 is 0 Å². The Kier molecular flexibility index (Phi) is 2.53. The Morgan fingerprint density at radius 3 is 2.76 bits per heavy atom. The molecular weight excluding hydrogens is 268 g/mol. The van der Waals surface area contributed by atoms with Crippen LogP contribution in [0, 0.1) is 0 Å². The number of anilines is 3. The van der Waals surface area contributed by atoms with Crippen molar-refractivity contribution in [3.05, 3.63) is 42.5 Å². The molecule has 3 aromatic rings. The molecule has 104 valence electrons. The average molecular weight is 280 g/mol. The minimum atomic E-state index is 0.162. The fourth-order valence-electron chi connectivity index (χ4n) is 2.45. The Hall–Kier alpha value is -3.03. The summed E-state index contributed by atoms with van der Waals surface area (Å²) >= 11 is 0. The summed E-state index contributed by atoms with van der Waals surface area (Å²) < 4.78 is 1.46. The Bertz CT molecular complexity index is 783. The number of benzene rings is 1. The second kappa shape index (κ2) is 4.51. The summed E-state index contributed by atoms with van der Waals surface area (Å²) in [4.78, 5) is 18.7. The molecule has 0 fully saturated rings. The summed E-state index contributed by atoms with van der Waals surface area (Å²) in [5.41, 5.74) is 8.18. The monoisotopic (exact) mass is 280 g/mol. The normalized spacial score (nSPS) is 13.4. The van der Waals surface area contributed by atoms with Gasteiger partial charge < -0.3 is 10.6 Å². The molecule has 0 saturated carbocycles. The highest BCUT2D eigenvalue weighted by Crippen LogP contribution is 2.32. The van der Waals surface area contributed by atoms with Gasteiger partial charge in [-0.3, -0.25) is 0 Å². The lowest BCUT2D eigenvalue weighted by Crippen LogP contribution is -2.19. The molecule has 2 aromatic heterocycles. The Balaban J connectivity index is 1.80. The number of fused-ring (bicyclic) bond motifs is 1. The quantitative estimate of drug-likeness (QED) is 0.738. The van der Waals surface area contributed by atoms with Gasteiger partial charge in [-0.15, -0.1) is 0 Å². The maximum Gasteiger partial charge on any atom is 0.258 e. The van der Waals surface area contributed by atoms with Crippen molar-refractivity contribution in [1.29, 1.82) is 0 Å². The van der Waals surface area contributed by atoms with Crippen LogP contribution in [0.1, 0.15) is 5.56 Å². The van der Waals surface area contributed by atoms with Crippen LogP contribution in [0.5, 0.6) is 0 Å². The molecule has 0 unspecified atom stereocenters. The highest BCUT2D eigenvalue weighted by Gasteiger charge is 2.23. The molecule has 21 heavy (non-hydrogen) atoms. The highest BCUT2D eigenvalue weighted by atomic mass is 15.4. The molecule has 0 amide bonds. The van der Waals surface area contributed by atoms with Gasteiger partial charge in [-0.1, -0.05) is 18.2 Å². The Morgan fingerprint density at radius 1 is 1.05 bits per heavy atom. The second-order valence-corrected chi connectivity index (χ2v) is 4.66. The van der Waals surface area contributed by atoms with E-state index in [9.17, 15) is 0 Å². The maximum atomic E-state index is 5.80. The molecule has 3 heterocycles. The molecule has 0 spiro atoms. The fraction of sp³-hybridized carbons (Fsp3) is 0.154. The van der Waals surface area contributed by atoms with Crippen LogP contribution in [-0.2, 0) is 6.42 Å². The van der Waals surface area contributed by atoms with E-state index in [1.807, 2.05) is 17.0 Å². The van der Waals surface area contributed by atoms with E-state index in [-0.39, 0.29) is 5.95 Å². The van der Waals surface area contributed by atoms with Gasteiger partial charge in [0.2, 0.25) is 11.9 Å². The molecule has 8 nitrogen and oxygen atoms in total. The minimum absolute atomic E-state index is 0.162. The molecular formula is C13H12N8. The van der Waals surface area contributed by atoms with Crippen LogP contribution < -0.4 is 10.6 Å². The average Bonchev–Trinajstić information content (AvgIpc) is 3.16. The van der Waals surface area contributed by atoms with Gasteiger partial charge in [0.05, 0.1) is 0 Å². The van der Waals surface area contributed by atoms with Gasteiger partial charge >= 0.3 is 0 Å². The molecule has 2 N–H and O–H groups in total. The van der Waals surface area contributed by atoms with E-state index in [0.29, 0.717) is 11.9 Å². The van der Waals surface area contributed by atoms with Crippen molar-refractivity contribution in [2.75, 3.05) is 17.2 Å². The summed E-state index contributed by atoms with van der Waals surface area (Å²) in [6.45, 7) is 0.819. The van der Waals surface area contributed by atoms with Crippen LogP contribution in [0.15, 0.2) is 36.9 Å². The number of nitrogens with zero attached hydrogens (tertiary/aromatic N) is 7. The van der Waals surface area contributed by atoms with E-state index < -0.39 is 0 Å². The van der Waals surface area contributed by atoms with Crippen LogP contribution in [0.25, 0.3) is 5.95 Å². The summed E-state index contributed by atoms with van der Waals surface area (Å²) in [6.07, 6.45) is 3.90. The van der Waals surface area contributed by atoms with Crippen molar-refractivity contribution in [3.8, 4) is 5.95 Å². The minimum Gasteiger partial charge on any atom is -0.368 e. The summed E-state index contributed by atoms with van der Waals surface area (Å²) in [5, 5.41) is 4.02. The summed E-state index contributed by atoms with van der Waals surface area (Å²) in [7, 11) is 0. The van der Waals surface area contributed by atoms with Gasteiger partial charge in [-0.2, -0.15) is 24.7 Å². The van der Waals surface area contributed by atoms with E-state index in [0.717, 1.165) is 18.7 Å². The van der Waals surface area contributed by atoms with Gasteiger partial charge in [-0.25, -0.2) is 4.98 Å². The summed E-state index contributed by atoms with van der Waals surface area (Å²) in [5.74, 6) is 1.05. The molecule has 1 aliphatic heterocycles. The van der Waals surface area contributed by atoms with Crippen LogP contribution in [0.2, 0.25) is 0 Å². The van der Waals surface area contributed by atoms with Gasteiger partial charge in [0.1, 0.15) is 12.7 Å². The molecule has 1 aromatic carbocycles. The lowest BCUT2D eigenvalue weighted by atomic mass is 10.2. The van der Waals surface area contributed by atoms with Crippen LogP contribution in [0.3, 0.4) is 0 Å². The third-order valence-electron chi connectivity index (χ3n) is 3.38. The molecule has 0 atom stereocenters. The molecule has 0 aliphatic carbocycles. The second-order valence-electron chi connectivity index (χ2n) is 4.66. The van der Waals surface area contributed by atoms with Crippen molar-refractivity contribution < 1.29 is 0 Å². The fourth-order valence-corrected chi connectivity index (χ4v) is 2.45. The van der Waals surface area contributed by atoms with Crippen LogP contribution in [0.4, 0.5) is 17.6 Å². The molecule has 8 heteroatoms. The molecule has 0 radical (unpaired) electrons. The van der Waals surface area contributed by atoms with E-state index in [1.165, 1.54) is 22.9 Å². The zero-order chi connectivity index (χ0) is 14.2.